The highest BCUT2D eigenvalue weighted by Crippen LogP contribution is 2.09. The van der Waals surface area contributed by atoms with E-state index in [4.69, 9.17) is 0 Å². The Kier molecular flexibility index (Phi) is 6.65. The molecule has 1 rings (SSSR count). The summed E-state index contributed by atoms with van der Waals surface area (Å²) in [5.41, 5.74) is 0. The predicted octanol–water partition coefficient (Wildman–Crippen LogP) is -1.82. The first-order valence-corrected chi connectivity index (χ1v) is 7.22. The Balaban J connectivity index is 2.07. The Labute approximate surface area is 116 Å². The lowest BCUT2D eigenvalue weighted by atomic mass is 10.3. The van der Waals surface area contributed by atoms with Gasteiger partial charge in [-0.15, -0.1) is 11.8 Å². The van der Waals surface area contributed by atoms with Gasteiger partial charge in [0.15, 0.2) is 0 Å². The molecule has 0 unspecified atom stereocenters. The van der Waals surface area contributed by atoms with Crippen molar-refractivity contribution in [1.82, 2.24) is 15.5 Å². The lowest BCUT2D eigenvalue weighted by molar-refractivity contribution is -0.134. The second-order valence-electron chi connectivity index (χ2n) is 4.15. The van der Waals surface area contributed by atoms with Crippen molar-refractivity contribution < 1.29 is 19.5 Å². The van der Waals surface area contributed by atoms with Crippen molar-refractivity contribution >= 4 is 29.5 Å². The van der Waals surface area contributed by atoms with Gasteiger partial charge in [0.2, 0.25) is 11.8 Å². The van der Waals surface area contributed by atoms with Crippen LogP contribution in [0.25, 0.3) is 0 Å². The number of nitrogens with one attached hydrogen (secondary N) is 2. The van der Waals surface area contributed by atoms with Crippen molar-refractivity contribution in [3.63, 3.8) is 0 Å². The molecule has 0 aromatic carbocycles. The number of rotatable bonds is 7. The molecule has 3 N–H and O–H groups in total. The first-order valence-electron chi connectivity index (χ1n) is 6.06. The van der Waals surface area contributed by atoms with Gasteiger partial charge < -0.3 is 20.6 Å². The summed E-state index contributed by atoms with van der Waals surface area (Å²) in [6.07, 6.45) is -0.437. The summed E-state index contributed by atoms with van der Waals surface area (Å²) >= 11 is 1.23. The fourth-order valence-electron chi connectivity index (χ4n) is 1.63. The molecule has 108 valence electrons. The van der Waals surface area contributed by atoms with Crippen LogP contribution in [0.3, 0.4) is 0 Å². The molecule has 0 aliphatic carbocycles. The van der Waals surface area contributed by atoms with Gasteiger partial charge in [0, 0.05) is 26.7 Å². The van der Waals surface area contributed by atoms with Crippen LogP contribution < -0.4 is 10.6 Å². The fourth-order valence-corrected chi connectivity index (χ4v) is 2.35. The van der Waals surface area contributed by atoms with Crippen molar-refractivity contribution in [2.75, 3.05) is 38.2 Å². The van der Waals surface area contributed by atoms with Crippen molar-refractivity contribution in [3.8, 4) is 0 Å². The molecule has 0 spiro atoms. The van der Waals surface area contributed by atoms with E-state index in [-0.39, 0.29) is 29.2 Å². The Bertz CT molecular complexity index is 351. The molecular weight excluding hydrogens is 270 g/mol. The van der Waals surface area contributed by atoms with Crippen LogP contribution in [0.4, 0.5) is 0 Å². The zero-order valence-corrected chi connectivity index (χ0v) is 11.7. The minimum absolute atomic E-state index is 0.116. The second-order valence-corrected chi connectivity index (χ2v) is 5.13. The van der Waals surface area contributed by atoms with Gasteiger partial charge in [-0.2, -0.15) is 0 Å². The van der Waals surface area contributed by atoms with E-state index in [0.717, 1.165) is 0 Å². The van der Waals surface area contributed by atoms with Gasteiger partial charge in [-0.1, -0.05) is 0 Å². The van der Waals surface area contributed by atoms with Gasteiger partial charge in [-0.3, -0.25) is 14.4 Å². The monoisotopic (exact) mass is 289 g/mol. The molecule has 0 radical (unpaired) electrons. The second kappa shape index (κ2) is 8.00. The van der Waals surface area contributed by atoms with Crippen LogP contribution in [-0.4, -0.2) is 72.0 Å². The van der Waals surface area contributed by atoms with Gasteiger partial charge in [0.1, 0.15) is 6.10 Å². The maximum atomic E-state index is 11.4. The third-order valence-electron chi connectivity index (χ3n) is 2.72. The molecule has 1 aliphatic rings. The van der Waals surface area contributed by atoms with Gasteiger partial charge >= 0.3 is 0 Å². The number of hydrogen-bond acceptors (Lipinski definition) is 5. The van der Waals surface area contributed by atoms with Gasteiger partial charge in [-0.25, -0.2) is 0 Å². The largest absolute Gasteiger partial charge is 0.383 e. The molecule has 1 heterocycles. The Hall–Kier alpha value is -1.28. The highest BCUT2D eigenvalue weighted by atomic mass is 32.2. The molecule has 1 aliphatic heterocycles. The summed E-state index contributed by atoms with van der Waals surface area (Å²) in [5.74, 6) is -0.0937. The third kappa shape index (κ3) is 5.48. The quantitative estimate of drug-likeness (QED) is 0.512. The Morgan fingerprint density at radius 1 is 1.42 bits per heavy atom. The maximum absolute atomic E-state index is 11.4. The van der Waals surface area contributed by atoms with Crippen LogP contribution in [0.15, 0.2) is 0 Å². The molecule has 8 heteroatoms. The molecule has 0 bridgehead atoms. The maximum Gasteiger partial charge on any atom is 0.251 e. The average molecular weight is 289 g/mol. The van der Waals surface area contributed by atoms with Crippen molar-refractivity contribution in [2.24, 2.45) is 0 Å². The predicted molar refractivity (Wildman–Crippen MR) is 71.6 cm³/mol. The number of likely N-dealkylation sites (tertiary alicyclic amines) is 1. The molecule has 3 amide bonds. The molecule has 1 saturated heterocycles. The number of hydrogen-bond donors (Lipinski definition) is 3. The fraction of sp³-hybridized carbons (Fsp3) is 0.727. The van der Waals surface area contributed by atoms with E-state index in [0.29, 0.717) is 26.1 Å². The number of carbonyl (C=O) groups is 3. The van der Waals surface area contributed by atoms with Crippen LogP contribution in [-0.2, 0) is 14.4 Å². The minimum atomic E-state index is -0.890. The lowest BCUT2D eigenvalue weighted by Crippen LogP contribution is -2.38. The summed E-state index contributed by atoms with van der Waals surface area (Å²) in [5, 5.41) is 14.4. The van der Waals surface area contributed by atoms with E-state index in [1.165, 1.54) is 16.7 Å². The van der Waals surface area contributed by atoms with E-state index >= 15 is 0 Å². The standard InChI is InChI=1S/C11H19N3O4S/c1-12-9(16)6-19-7-10(17)13-3-5-14-4-2-8(15)11(14)18/h8,15H,2-7H2,1H3,(H,12,16)(H,13,17)/t8-/m0/s1. The highest BCUT2D eigenvalue weighted by Gasteiger charge is 2.28. The molecule has 1 fully saturated rings. The van der Waals surface area contributed by atoms with Crippen LogP contribution in [0.5, 0.6) is 0 Å². The SMILES string of the molecule is CNC(=O)CSCC(=O)NCCN1CC[C@H](O)C1=O. The summed E-state index contributed by atoms with van der Waals surface area (Å²) in [7, 11) is 1.55. The van der Waals surface area contributed by atoms with E-state index in [1.807, 2.05) is 0 Å². The van der Waals surface area contributed by atoms with E-state index < -0.39 is 6.10 Å². The van der Waals surface area contributed by atoms with Crippen molar-refractivity contribution in [2.45, 2.75) is 12.5 Å². The number of aliphatic hydroxyl groups is 1. The Morgan fingerprint density at radius 3 is 2.68 bits per heavy atom. The van der Waals surface area contributed by atoms with Gasteiger partial charge in [0.05, 0.1) is 11.5 Å². The van der Waals surface area contributed by atoms with Crippen molar-refractivity contribution in [3.05, 3.63) is 0 Å². The molecular formula is C11H19N3O4S. The molecule has 1 atom stereocenters. The number of aliphatic hydroxyl groups excluding tert-OH is 1. The van der Waals surface area contributed by atoms with Crippen LogP contribution >= 0.6 is 11.8 Å². The first kappa shape index (κ1) is 15.8. The summed E-state index contributed by atoms with van der Waals surface area (Å²) in [6.45, 7) is 1.29. The van der Waals surface area contributed by atoms with Crippen LogP contribution in [0, 0.1) is 0 Å². The summed E-state index contributed by atoms with van der Waals surface area (Å²) in [4.78, 5) is 35.2. The highest BCUT2D eigenvalue weighted by molar-refractivity contribution is 8.00. The third-order valence-corrected chi connectivity index (χ3v) is 3.65. The van der Waals surface area contributed by atoms with E-state index in [2.05, 4.69) is 10.6 Å². The number of amides is 3. The molecule has 7 nitrogen and oxygen atoms in total. The normalized spacial score (nSPS) is 18.5. The molecule has 19 heavy (non-hydrogen) atoms. The summed E-state index contributed by atoms with van der Waals surface area (Å²) in [6, 6.07) is 0. The zero-order valence-electron chi connectivity index (χ0n) is 10.8. The molecule has 0 aromatic rings. The van der Waals surface area contributed by atoms with Crippen molar-refractivity contribution in [1.29, 1.82) is 0 Å². The smallest absolute Gasteiger partial charge is 0.251 e. The van der Waals surface area contributed by atoms with Crippen LogP contribution in [0.2, 0.25) is 0 Å². The lowest BCUT2D eigenvalue weighted by Gasteiger charge is -2.15. The first-order chi connectivity index (χ1) is 9.04. The minimum Gasteiger partial charge on any atom is -0.383 e. The van der Waals surface area contributed by atoms with E-state index in [1.54, 1.807) is 7.05 Å². The number of nitrogens with zero attached hydrogens (tertiary/aromatic N) is 1. The summed E-state index contributed by atoms with van der Waals surface area (Å²) < 4.78 is 0. The van der Waals surface area contributed by atoms with Crippen LogP contribution in [0.1, 0.15) is 6.42 Å². The Morgan fingerprint density at radius 2 is 2.11 bits per heavy atom. The topological polar surface area (TPSA) is 98.7 Å². The number of thioether (sulfide) groups is 1. The average Bonchev–Trinajstić information content (AvgIpc) is 2.70. The molecule has 0 aromatic heterocycles. The van der Waals surface area contributed by atoms with Gasteiger partial charge in [-0.05, 0) is 6.42 Å². The van der Waals surface area contributed by atoms with E-state index in [9.17, 15) is 19.5 Å². The number of carbonyl (C=O) groups excluding carboxylic acids is 3. The zero-order chi connectivity index (χ0) is 14.3. The molecule has 0 saturated carbocycles. The van der Waals surface area contributed by atoms with Gasteiger partial charge in [0.25, 0.3) is 5.91 Å².